The van der Waals surface area contributed by atoms with Crippen LogP contribution in [0, 0.1) is 23.5 Å². The Morgan fingerprint density at radius 3 is 2.90 bits per heavy atom. The Balaban J connectivity index is 1.48. The van der Waals surface area contributed by atoms with Crippen LogP contribution in [0.2, 0.25) is 0 Å². The third-order valence-corrected chi connectivity index (χ3v) is 3.82. The second kappa shape index (κ2) is 7.40. The number of carbonyl (C=O) groups excluding carboxylic acids is 1. The maximum Gasteiger partial charge on any atom is 0.255 e. The molecule has 3 N–H and O–H groups in total. The van der Waals surface area contributed by atoms with Gasteiger partial charge in [0.1, 0.15) is 17.3 Å². The number of benzene rings is 1. The molecule has 0 bridgehead atoms. The summed E-state index contributed by atoms with van der Waals surface area (Å²) in [5.41, 5.74) is 6.28. The number of nitrogens with one attached hydrogen (secondary N) is 1. The number of nitrogens with two attached hydrogens (primary N) is 1. The summed E-state index contributed by atoms with van der Waals surface area (Å²) in [6.45, 7) is -0.0791. The minimum absolute atomic E-state index is 0.0791. The van der Waals surface area contributed by atoms with Gasteiger partial charge in [0.05, 0.1) is 24.6 Å². The number of halogens is 2. The van der Waals surface area contributed by atoms with Crippen LogP contribution in [0.1, 0.15) is 16.1 Å². The number of carbonyl (C=O) groups is 1. The van der Waals surface area contributed by atoms with Crippen molar-refractivity contribution in [3.05, 3.63) is 65.7 Å². The van der Waals surface area contributed by atoms with Gasteiger partial charge in [0.15, 0.2) is 17.2 Å². The van der Waals surface area contributed by atoms with Gasteiger partial charge in [-0.1, -0.05) is 5.92 Å². The fourth-order valence-electron chi connectivity index (χ4n) is 2.51. The molecular weight excluding hydrogens is 382 g/mol. The number of rotatable bonds is 3. The average molecular weight is 394 g/mol. The van der Waals surface area contributed by atoms with Gasteiger partial charge in [0, 0.05) is 6.07 Å². The highest BCUT2D eigenvalue weighted by molar-refractivity contribution is 5.94. The first kappa shape index (κ1) is 18.1. The zero-order valence-electron chi connectivity index (χ0n) is 14.7. The molecule has 1 amide bonds. The zero-order chi connectivity index (χ0) is 20.4. The first-order valence-corrected chi connectivity index (χ1v) is 8.30. The van der Waals surface area contributed by atoms with Gasteiger partial charge in [-0.25, -0.2) is 23.3 Å². The highest BCUT2D eigenvalue weighted by atomic mass is 19.1. The summed E-state index contributed by atoms with van der Waals surface area (Å²) in [5.74, 6) is 3.95. The number of amides is 1. The second-order valence-corrected chi connectivity index (χ2v) is 5.80. The molecule has 1 aromatic carbocycles. The Morgan fingerprint density at radius 1 is 1.28 bits per heavy atom. The molecule has 0 aliphatic rings. The van der Waals surface area contributed by atoms with Gasteiger partial charge in [-0.15, -0.1) is 5.10 Å². The number of anilines is 1. The average Bonchev–Trinajstić information content (AvgIpc) is 3.34. The second-order valence-electron chi connectivity index (χ2n) is 5.80. The maximum atomic E-state index is 13.6. The van der Waals surface area contributed by atoms with Gasteiger partial charge in [0.25, 0.3) is 5.91 Å². The van der Waals surface area contributed by atoms with Gasteiger partial charge < -0.3 is 15.5 Å². The van der Waals surface area contributed by atoms with Crippen LogP contribution in [0.4, 0.5) is 14.6 Å². The van der Waals surface area contributed by atoms with Crippen LogP contribution in [0.3, 0.4) is 0 Å². The van der Waals surface area contributed by atoms with E-state index in [-0.39, 0.29) is 17.9 Å². The van der Waals surface area contributed by atoms with Gasteiger partial charge >= 0.3 is 0 Å². The fraction of sp³-hybridized carbons (Fsp3) is 0.0526. The lowest BCUT2D eigenvalue weighted by molar-refractivity contribution is 0.0954. The third-order valence-electron chi connectivity index (χ3n) is 3.82. The molecule has 0 saturated carbocycles. The Labute approximate surface area is 162 Å². The fourth-order valence-corrected chi connectivity index (χ4v) is 2.51. The zero-order valence-corrected chi connectivity index (χ0v) is 14.7. The smallest absolute Gasteiger partial charge is 0.255 e. The molecule has 3 aromatic heterocycles. The maximum absolute atomic E-state index is 13.6. The minimum Gasteiger partial charge on any atom is -0.461 e. The number of fused-ring (bicyclic) bond motifs is 1. The number of hydrogen-bond donors (Lipinski definition) is 2. The largest absolute Gasteiger partial charge is 0.461 e. The van der Waals surface area contributed by atoms with Crippen molar-refractivity contribution >= 4 is 17.4 Å². The van der Waals surface area contributed by atoms with E-state index in [2.05, 4.69) is 32.2 Å². The van der Waals surface area contributed by atoms with E-state index in [0.29, 0.717) is 29.0 Å². The van der Waals surface area contributed by atoms with Crippen LogP contribution >= 0.6 is 0 Å². The summed E-state index contributed by atoms with van der Waals surface area (Å²) in [5, 5.41) is 6.69. The normalized spacial score (nSPS) is 10.6. The lowest BCUT2D eigenvalue weighted by atomic mass is 10.2. The predicted molar refractivity (Wildman–Crippen MR) is 98.5 cm³/mol. The molecule has 4 rings (SSSR count). The lowest BCUT2D eigenvalue weighted by Gasteiger charge is -2.02. The molecule has 3 heterocycles. The number of furan rings is 1. The Bertz CT molecular complexity index is 1270. The Kier molecular flexibility index (Phi) is 4.62. The van der Waals surface area contributed by atoms with Crippen molar-refractivity contribution in [3.8, 4) is 23.4 Å². The summed E-state index contributed by atoms with van der Waals surface area (Å²) in [6.07, 6.45) is 3.03. The van der Waals surface area contributed by atoms with E-state index in [1.807, 2.05) is 0 Å². The van der Waals surface area contributed by atoms with E-state index < -0.39 is 17.5 Å². The topological polar surface area (TPSA) is 111 Å². The first-order chi connectivity index (χ1) is 14.0. The minimum atomic E-state index is -0.950. The summed E-state index contributed by atoms with van der Waals surface area (Å²) in [7, 11) is 0. The molecule has 4 aromatic rings. The molecule has 0 radical (unpaired) electrons. The van der Waals surface area contributed by atoms with Crippen molar-refractivity contribution in [1.82, 2.24) is 24.9 Å². The van der Waals surface area contributed by atoms with Crippen LogP contribution in [0.5, 0.6) is 0 Å². The van der Waals surface area contributed by atoms with E-state index >= 15 is 0 Å². The van der Waals surface area contributed by atoms with Gasteiger partial charge in [-0.05, 0) is 30.2 Å². The highest BCUT2D eigenvalue weighted by Crippen LogP contribution is 2.18. The van der Waals surface area contributed by atoms with Crippen LogP contribution in [0.15, 0.2) is 47.2 Å². The SMILES string of the molecule is Nc1nc(C#CCNC(=O)c2ccc(F)cc2F)cn2nc(-c3ccco3)nc12. The third kappa shape index (κ3) is 3.74. The van der Waals surface area contributed by atoms with Crippen LogP contribution in [-0.2, 0) is 0 Å². The molecule has 10 heteroatoms. The van der Waals surface area contributed by atoms with E-state index in [4.69, 9.17) is 10.2 Å². The molecule has 29 heavy (non-hydrogen) atoms. The molecule has 0 atom stereocenters. The molecule has 8 nitrogen and oxygen atoms in total. The molecule has 0 fully saturated rings. The summed E-state index contributed by atoms with van der Waals surface area (Å²) in [6, 6.07) is 6.13. The van der Waals surface area contributed by atoms with E-state index in [9.17, 15) is 13.6 Å². The quantitative estimate of drug-likeness (QED) is 0.515. The molecule has 0 unspecified atom stereocenters. The van der Waals surface area contributed by atoms with E-state index in [0.717, 1.165) is 12.1 Å². The van der Waals surface area contributed by atoms with Crippen molar-refractivity contribution in [2.75, 3.05) is 12.3 Å². The number of aromatic nitrogens is 4. The van der Waals surface area contributed by atoms with Gasteiger partial charge in [0.2, 0.25) is 5.82 Å². The number of hydrogen-bond acceptors (Lipinski definition) is 6. The predicted octanol–water partition coefficient (Wildman–Crippen LogP) is 2.03. The van der Waals surface area contributed by atoms with E-state index in [1.54, 1.807) is 12.1 Å². The van der Waals surface area contributed by atoms with Crippen molar-refractivity contribution in [2.45, 2.75) is 0 Å². The summed E-state index contributed by atoms with van der Waals surface area (Å²) < 4.78 is 33.2. The highest BCUT2D eigenvalue weighted by Gasteiger charge is 2.13. The van der Waals surface area contributed by atoms with Crippen molar-refractivity contribution < 1.29 is 18.0 Å². The monoisotopic (exact) mass is 394 g/mol. The van der Waals surface area contributed by atoms with Crippen LogP contribution < -0.4 is 11.1 Å². The standard InChI is InChI=1S/C19H12F2N6O2/c20-11-5-6-13(14(21)9-11)19(28)23-7-1-3-12-10-27-18(16(22)24-12)25-17(26-27)15-4-2-8-29-15/h2,4-6,8-10H,7H2,(H2,22,24)(H,23,28). The Morgan fingerprint density at radius 2 is 2.14 bits per heavy atom. The van der Waals surface area contributed by atoms with Crippen molar-refractivity contribution in [3.63, 3.8) is 0 Å². The number of nitrogens with zero attached hydrogens (tertiary/aromatic N) is 4. The lowest BCUT2D eigenvalue weighted by Crippen LogP contribution is -2.24. The van der Waals surface area contributed by atoms with E-state index in [1.165, 1.54) is 17.0 Å². The summed E-state index contributed by atoms with van der Waals surface area (Å²) >= 11 is 0. The number of nitrogen functional groups attached to an aromatic ring is 1. The molecule has 0 aliphatic heterocycles. The summed E-state index contributed by atoms with van der Waals surface area (Å²) in [4.78, 5) is 20.3. The Hall–Kier alpha value is -4.26. The molecular formula is C19H12F2N6O2. The van der Waals surface area contributed by atoms with Crippen molar-refractivity contribution in [1.29, 1.82) is 0 Å². The van der Waals surface area contributed by atoms with Crippen LogP contribution in [0.25, 0.3) is 17.2 Å². The van der Waals surface area contributed by atoms with Gasteiger partial charge in [-0.3, -0.25) is 4.79 Å². The van der Waals surface area contributed by atoms with Crippen LogP contribution in [-0.4, -0.2) is 32.0 Å². The first-order valence-electron chi connectivity index (χ1n) is 8.30. The molecule has 0 aliphatic carbocycles. The van der Waals surface area contributed by atoms with Gasteiger partial charge in [-0.2, -0.15) is 0 Å². The molecule has 144 valence electrons. The molecule has 0 saturated heterocycles. The van der Waals surface area contributed by atoms with Crippen molar-refractivity contribution in [2.24, 2.45) is 0 Å². The molecule has 0 spiro atoms.